The second-order valence-corrected chi connectivity index (χ2v) is 7.10. The summed E-state index contributed by atoms with van der Waals surface area (Å²) in [5, 5.41) is 0. The topological polar surface area (TPSA) is 26.0 Å². The molecule has 2 N–H and O–H groups in total. The molecule has 4 heteroatoms. The maximum atomic E-state index is 6.25. The molecule has 0 bridgehead atoms. The van der Waals surface area contributed by atoms with E-state index >= 15 is 0 Å². The summed E-state index contributed by atoms with van der Waals surface area (Å²) in [4.78, 5) is 1.30. The van der Waals surface area contributed by atoms with Gasteiger partial charge >= 0.3 is 0 Å². The van der Waals surface area contributed by atoms with Crippen LogP contribution in [0.4, 0.5) is 0 Å². The third-order valence-electron chi connectivity index (χ3n) is 2.90. The van der Waals surface area contributed by atoms with Crippen molar-refractivity contribution in [2.45, 2.75) is 31.7 Å². The molecule has 0 saturated heterocycles. The van der Waals surface area contributed by atoms with Crippen molar-refractivity contribution in [2.75, 3.05) is 0 Å². The van der Waals surface area contributed by atoms with Gasteiger partial charge in [-0.2, -0.15) is 0 Å². The minimum absolute atomic E-state index is 0.241. The Morgan fingerprint density at radius 1 is 1.36 bits per heavy atom. The standard InChI is InChI=1S/C10H13Br2NS/c11-7-5-8(14-10(7)12)9(13)6-3-1-2-4-6/h5-6,9H,1-4,13H2/t9-/m1/s1. The molecule has 1 aromatic rings. The van der Waals surface area contributed by atoms with Crippen molar-refractivity contribution in [2.24, 2.45) is 11.7 Å². The lowest BCUT2D eigenvalue weighted by molar-refractivity contribution is 0.450. The first kappa shape index (κ1) is 11.1. The number of nitrogens with two attached hydrogens (primary N) is 1. The van der Waals surface area contributed by atoms with E-state index in [2.05, 4.69) is 37.9 Å². The number of thiophene rings is 1. The average Bonchev–Trinajstić information content (AvgIpc) is 2.76. The average molecular weight is 339 g/mol. The number of hydrogen-bond donors (Lipinski definition) is 1. The molecule has 1 aliphatic rings. The van der Waals surface area contributed by atoms with Gasteiger partial charge in [-0.3, -0.25) is 0 Å². The van der Waals surface area contributed by atoms with Crippen LogP contribution in [0.25, 0.3) is 0 Å². The largest absolute Gasteiger partial charge is 0.323 e. The van der Waals surface area contributed by atoms with Gasteiger partial charge in [0.15, 0.2) is 0 Å². The first-order valence-corrected chi connectivity index (χ1v) is 7.29. The van der Waals surface area contributed by atoms with Crippen LogP contribution in [0.3, 0.4) is 0 Å². The molecule has 1 saturated carbocycles. The molecule has 1 atom stereocenters. The van der Waals surface area contributed by atoms with Gasteiger partial charge in [0.05, 0.1) is 3.79 Å². The molecular weight excluding hydrogens is 326 g/mol. The molecule has 1 aromatic heterocycles. The summed E-state index contributed by atoms with van der Waals surface area (Å²) in [7, 11) is 0. The maximum absolute atomic E-state index is 6.25. The lowest BCUT2D eigenvalue weighted by atomic mass is 9.98. The van der Waals surface area contributed by atoms with Crippen LogP contribution in [-0.4, -0.2) is 0 Å². The maximum Gasteiger partial charge on any atom is 0.0843 e. The molecule has 2 rings (SSSR count). The Bertz CT molecular complexity index is 298. The summed E-state index contributed by atoms with van der Waals surface area (Å²) in [5.74, 6) is 0.701. The van der Waals surface area contributed by atoms with Gasteiger partial charge in [0.25, 0.3) is 0 Å². The van der Waals surface area contributed by atoms with Crippen LogP contribution in [0.5, 0.6) is 0 Å². The fourth-order valence-corrected chi connectivity index (χ4v) is 4.26. The van der Waals surface area contributed by atoms with Gasteiger partial charge < -0.3 is 5.73 Å². The van der Waals surface area contributed by atoms with Crippen LogP contribution in [-0.2, 0) is 0 Å². The molecule has 1 heterocycles. The zero-order chi connectivity index (χ0) is 10.1. The Balaban J connectivity index is 2.13. The van der Waals surface area contributed by atoms with E-state index < -0.39 is 0 Å². The predicted octanol–water partition coefficient (Wildman–Crippen LogP) is 4.46. The Kier molecular flexibility index (Phi) is 3.68. The first-order chi connectivity index (χ1) is 6.68. The third-order valence-corrected chi connectivity index (χ3v) is 6.26. The molecule has 1 aliphatic carbocycles. The Labute approximate surface area is 105 Å². The van der Waals surface area contributed by atoms with Gasteiger partial charge in [-0.05, 0) is 56.7 Å². The highest BCUT2D eigenvalue weighted by Crippen LogP contribution is 2.40. The van der Waals surface area contributed by atoms with E-state index in [1.54, 1.807) is 11.3 Å². The number of halogens is 2. The smallest absolute Gasteiger partial charge is 0.0843 e. The number of hydrogen-bond acceptors (Lipinski definition) is 2. The SMILES string of the molecule is N[C@@H](c1cc(Br)c(Br)s1)C1CCCC1. The predicted molar refractivity (Wildman–Crippen MR) is 68.6 cm³/mol. The second kappa shape index (κ2) is 4.64. The molecule has 0 unspecified atom stereocenters. The normalized spacial score (nSPS) is 20.2. The summed E-state index contributed by atoms with van der Waals surface area (Å²) in [6, 6.07) is 2.39. The van der Waals surface area contributed by atoms with Crippen LogP contribution in [0.2, 0.25) is 0 Å². The van der Waals surface area contributed by atoms with Gasteiger partial charge in [-0.25, -0.2) is 0 Å². The highest BCUT2D eigenvalue weighted by molar-refractivity contribution is 9.13. The van der Waals surface area contributed by atoms with Crippen LogP contribution in [0.15, 0.2) is 14.3 Å². The molecule has 0 radical (unpaired) electrons. The highest BCUT2D eigenvalue weighted by atomic mass is 79.9. The molecule has 1 nitrogen and oxygen atoms in total. The summed E-state index contributed by atoms with van der Waals surface area (Å²) >= 11 is 8.76. The van der Waals surface area contributed by atoms with E-state index in [-0.39, 0.29) is 6.04 Å². The van der Waals surface area contributed by atoms with Crippen molar-refractivity contribution in [3.63, 3.8) is 0 Å². The van der Waals surface area contributed by atoms with Crippen molar-refractivity contribution in [1.82, 2.24) is 0 Å². The minimum Gasteiger partial charge on any atom is -0.323 e. The monoisotopic (exact) mass is 337 g/mol. The zero-order valence-electron chi connectivity index (χ0n) is 7.80. The van der Waals surface area contributed by atoms with E-state index in [0.29, 0.717) is 5.92 Å². The Morgan fingerprint density at radius 2 is 2.00 bits per heavy atom. The van der Waals surface area contributed by atoms with Crippen molar-refractivity contribution in [3.05, 3.63) is 19.2 Å². The van der Waals surface area contributed by atoms with Gasteiger partial charge in [-0.15, -0.1) is 11.3 Å². The molecule has 0 aliphatic heterocycles. The minimum atomic E-state index is 0.241. The molecule has 0 amide bonds. The van der Waals surface area contributed by atoms with E-state index in [4.69, 9.17) is 5.73 Å². The van der Waals surface area contributed by atoms with Crippen LogP contribution in [0, 0.1) is 5.92 Å². The third kappa shape index (κ3) is 2.23. The van der Waals surface area contributed by atoms with Crippen LogP contribution < -0.4 is 5.73 Å². The summed E-state index contributed by atoms with van der Waals surface area (Å²) < 4.78 is 2.28. The Hall–Kier alpha value is 0.620. The van der Waals surface area contributed by atoms with Gasteiger partial charge in [-0.1, -0.05) is 12.8 Å². The summed E-state index contributed by atoms with van der Waals surface area (Å²) in [6.07, 6.45) is 5.31. The first-order valence-electron chi connectivity index (χ1n) is 4.89. The van der Waals surface area contributed by atoms with Crippen molar-refractivity contribution in [3.8, 4) is 0 Å². The molecular formula is C10H13Br2NS. The molecule has 78 valence electrons. The van der Waals surface area contributed by atoms with Crippen molar-refractivity contribution in [1.29, 1.82) is 0 Å². The van der Waals surface area contributed by atoms with Crippen molar-refractivity contribution < 1.29 is 0 Å². The lowest BCUT2D eigenvalue weighted by Gasteiger charge is -2.16. The second-order valence-electron chi connectivity index (χ2n) is 3.84. The van der Waals surface area contributed by atoms with Crippen molar-refractivity contribution >= 4 is 43.2 Å². The molecule has 0 aromatic carbocycles. The van der Waals surface area contributed by atoms with Gasteiger partial charge in [0.2, 0.25) is 0 Å². The van der Waals surface area contributed by atoms with E-state index in [9.17, 15) is 0 Å². The van der Waals surface area contributed by atoms with Gasteiger partial charge in [0, 0.05) is 15.4 Å². The van der Waals surface area contributed by atoms with E-state index in [1.165, 1.54) is 30.6 Å². The van der Waals surface area contributed by atoms with E-state index in [0.717, 1.165) is 8.26 Å². The zero-order valence-corrected chi connectivity index (χ0v) is 11.8. The highest BCUT2D eigenvalue weighted by Gasteiger charge is 2.24. The Morgan fingerprint density at radius 3 is 2.50 bits per heavy atom. The number of rotatable bonds is 2. The quantitative estimate of drug-likeness (QED) is 0.846. The van der Waals surface area contributed by atoms with Gasteiger partial charge in [0.1, 0.15) is 0 Å². The fraction of sp³-hybridized carbons (Fsp3) is 0.600. The lowest BCUT2D eigenvalue weighted by Crippen LogP contribution is -2.17. The molecule has 0 spiro atoms. The van der Waals surface area contributed by atoms with E-state index in [1.807, 2.05) is 0 Å². The van der Waals surface area contributed by atoms with Crippen LogP contribution in [0.1, 0.15) is 36.6 Å². The molecule has 14 heavy (non-hydrogen) atoms. The summed E-state index contributed by atoms with van der Waals surface area (Å²) in [5.41, 5.74) is 6.25. The fourth-order valence-electron chi connectivity index (χ4n) is 2.08. The van der Waals surface area contributed by atoms with Crippen LogP contribution >= 0.6 is 43.2 Å². The summed E-state index contributed by atoms with van der Waals surface area (Å²) in [6.45, 7) is 0. The molecule has 1 fully saturated rings.